The minimum atomic E-state index is 0.224. The highest BCUT2D eigenvalue weighted by Crippen LogP contribution is 2.35. The molecule has 0 radical (unpaired) electrons. The molecule has 1 aromatic heterocycles. The van der Waals surface area contributed by atoms with Crippen LogP contribution in [-0.2, 0) is 6.42 Å². The van der Waals surface area contributed by atoms with Gasteiger partial charge in [0.15, 0.2) is 5.96 Å². The van der Waals surface area contributed by atoms with Crippen molar-refractivity contribution >= 4 is 38.9 Å². The average Bonchev–Trinajstić information content (AvgIpc) is 3.06. The highest BCUT2D eigenvalue weighted by atomic mass is 79.9. The van der Waals surface area contributed by atoms with Gasteiger partial charge in [-0.05, 0) is 42.8 Å². The van der Waals surface area contributed by atoms with E-state index in [0.29, 0.717) is 5.96 Å². The predicted molar refractivity (Wildman–Crippen MR) is 89.5 cm³/mol. The number of rotatable bonds is 3. The summed E-state index contributed by atoms with van der Waals surface area (Å²) in [7, 11) is 0. The van der Waals surface area contributed by atoms with Crippen molar-refractivity contribution in [3.8, 4) is 0 Å². The Morgan fingerprint density at radius 3 is 2.70 bits per heavy atom. The van der Waals surface area contributed by atoms with Gasteiger partial charge in [0.05, 0.1) is 12.6 Å². The molecular weight excluding hydrogens is 334 g/mol. The lowest BCUT2D eigenvalue weighted by molar-refractivity contribution is 0.784. The second kappa shape index (κ2) is 5.58. The van der Waals surface area contributed by atoms with Crippen LogP contribution in [0.2, 0.25) is 0 Å². The number of nitrogens with two attached hydrogens (primary N) is 1. The molecule has 1 aliphatic rings. The number of hydrogen-bond acceptors (Lipinski definition) is 4. The quantitative estimate of drug-likeness (QED) is 0.911. The Labute approximate surface area is 131 Å². The zero-order valence-electron chi connectivity index (χ0n) is 11.2. The number of aliphatic imine (C=N–C) groups is 1. The molecule has 3 rings (SSSR count). The van der Waals surface area contributed by atoms with Crippen LogP contribution in [0, 0.1) is 0 Å². The molecule has 0 amide bonds. The molecule has 2 heterocycles. The molecule has 1 atom stereocenters. The van der Waals surface area contributed by atoms with E-state index in [0.717, 1.165) is 23.1 Å². The van der Waals surface area contributed by atoms with Crippen LogP contribution in [0.3, 0.4) is 0 Å². The molecule has 0 aliphatic carbocycles. The highest BCUT2D eigenvalue weighted by molar-refractivity contribution is 9.10. The smallest absolute Gasteiger partial charge is 0.196 e. The fourth-order valence-corrected chi connectivity index (χ4v) is 3.69. The summed E-state index contributed by atoms with van der Waals surface area (Å²) in [6.45, 7) is 2.91. The standard InChI is InChI=1S/C15H16BrN3S/c1-2-12-7-8-14(20-12)13-9-18-15(17)19(13)11-5-3-10(16)4-6-11/h3-8,13H,2,9H2,1H3,(H2,17,18). The Kier molecular flexibility index (Phi) is 3.81. The van der Waals surface area contributed by atoms with Crippen molar-refractivity contribution < 1.29 is 0 Å². The highest BCUT2D eigenvalue weighted by Gasteiger charge is 2.29. The van der Waals surface area contributed by atoms with Crippen molar-refractivity contribution in [3.05, 3.63) is 50.6 Å². The van der Waals surface area contributed by atoms with Gasteiger partial charge in [0.1, 0.15) is 0 Å². The third-order valence-corrected chi connectivity index (χ3v) is 5.31. The molecule has 1 unspecified atom stereocenters. The normalized spacial score (nSPS) is 18.4. The Hall–Kier alpha value is -1.33. The van der Waals surface area contributed by atoms with Crippen LogP contribution in [0.25, 0.3) is 0 Å². The second-order valence-corrected chi connectivity index (χ2v) is 6.83. The van der Waals surface area contributed by atoms with Crippen molar-refractivity contribution in [1.82, 2.24) is 0 Å². The van der Waals surface area contributed by atoms with Gasteiger partial charge in [-0.25, -0.2) is 0 Å². The lowest BCUT2D eigenvalue weighted by Gasteiger charge is -2.25. The van der Waals surface area contributed by atoms with E-state index < -0.39 is 0 Å². The molecule has 1 aliphatic heterocycles. The van der Waals surface area contributed by atoms with E-state index in [1.807, 2.05) is 23.5 Å². The van der Waals surface area contributed by atoms with Crippen LogP contribution < -0.4 is 10.6 Å². The van der Waals surface area contributed by atoms with E-state index in [-0.39, 0.29) is 6.04 Å². The molecule has 0 saturated carbocycles. The molecule has 2 aromatic rings. The Balaban J connectivity index is 1.93. The van der Waals surface area contributed by atoms with Gasteiger partial charge in [-0.1, -0.05) is 22.9 Å². The second-order valence-electron chi connectivity index (χ2n) is 4.72. The summed E-state index contributed by atoms with van der Waals surface area (Å²) in [4.78, 5) is 9.28. The lowest BCUT2D eigenvalue weighted by atomic mass is 10.2. The van der Waals surface area contributed by atoms with Crippen molar-refractivity contribution in [2.45, 2.75) is 19.4 Å². The van der Waals surface area contributed by atoms with E-state index in [9.17, 15) is 0 Å². The van der Waals surface area contributed by atoms with Crippen molar-refractivity contribution in [3.63, 3.8) is 0 Å². The van der Waals surface area contributed by atoms with Gasteiger partial charge in [-0.15, -0.1) is 11.3 Å². The topological polar surface area (TPSA) is 41.6 Å². The number of thiophene rings is 1. The largest absolute Gasteiger partial charge is 0.369 e. The lowest BCUT2D eigenvalue weighted by Crippen LogP contribution is -2.35. The van der Waals surface area contributed by atoms with Crippen LogP contribution >= 0.6 is 27.3 Å². The molecule has 5 heteroatoms. The minimum absolute atomic E-state index is 0.224. The van der Waals surface area contributed by atoms with E-state index in [4.69, 9.17) is 5.73 Å². The Morgan fingerprint density at radius 1 is 1.30 bits per heavy atom. The number of aryl methyl sites for hydroxylation is 1. The van der Waals surface area contributed by atoms with Crippen LogP contribution in [0.4, 0.5) is 5.69 Å². The van der Waals surface area contributed by atoms with Gasteiger partial charge >= 0.3 is 0 Å². The molecule has 0 spiro atoms. The number of guanidine groups is 1. The van der Waals surface area contributed by atoms with Crippen molar-refractivity contribution in [2.24, 2.45) is 10.7 Å². The molecule has 0 saturated heterocycles. The summed E-state index contributed by atoms with van der Waals surface area (Å²) in [5, 5.41) is 0. The molecule has 20 heavy (non-hydrogen) atoms. The number of hydrogen-bond donors (Lipinski definition) is 1. The molecule has 3 nitrogen and oxygen atoms in total. The van der Waals surface area contributed by atoms with Crippen LogP contribution in [0.15, 0.2) is 45.9 Å². The molecule has 104 valence electrons. The number of benzene rings is 1. The third kappa shape index (κ3) is 2.47. The van der Waals surface area contributed by atoms with Crippen molar-refractivity contribution in [2.75, 3.05) is 11.4 Å². The third-order valence-electron chi connectivity index (χ3n) is 3.45. The maximum absolute atomic E-state index is 6.08. The summed E-state index contributed by atoms with van der Waals surface area (Å²) >= 11 is 5.32. The van der Waals surface area contributed by atoms with E-state index >= 15 is 0 Å². The minimum Gasteiger partial charge on any atom is -0.369 e. The monoisotopic (exact) mass is 349 g/mol. The van der Waals surface area contributed by atoms with Gasteiger partial charge in [0, 0.05) is 19.9 Å². The van der Waals surface area contributed by atoms with Gasteiger partial charge in [-0.2, -0.15) is 0 Å². The van der Waals surface area contributed by atoms with E-state index in [1.54, 1.807) is 0 Å². The van der Waals surface area contributed by atoms with Gasteiger partial charge < -0.3 is 10.6 Å². The first-order valence-corrected chi connectivity index (χ1v) is 8.23. The molecule has 0 bridgehead atoms. The van der Waals surface area contributed by atoms with Crippen molar-refractivity contribution in [1.29, 1.82) is 0 Å². The average molecular weight is 350 g/mol. The van der Waals surface area contributed by atoms with Crippen LogP contribution in [-0.4, -0.2) is 12.5 Å². The first-order valence-electron chi connectivity index (χ1n) is 6.62. The summed E-state index contributed by atoms with van der Waals surface area (Å²) < 4.78 is 1.07. The molecule has 2 N–H and O–H groups in total. The molecule has 1 aromatic carbocycles. The summed E-state index contributed by atoms with van der Waals surface area (Å²) in [6, 6.07) is 12.8. The number of halogens is 1. The summed E-state index contributed by atoms with van der Waals surface area (Å²) in [5.74, 6) is 0.601. The molecule has 0 fully saturated rings. The SMILES string of the molecule is CCc1ccc(C2CN=C(N)N2c2ccc(Br)cc2)s1. The Bertz CT molecular complexity index is 633. The zero-order valence-corrected chi connectivity index (χ0v) is 13.6. The van der Waals surface area contributed by atoms with Gasteiger partial charge in [-0.3, -0.25) is 4.99 Å². The fourth-order valence-electron chi connectivity index (χ4n) is 2.39. The first kappa shape index (κ1) is 13.6. The Morgan fingerprint density at radius 2 is 2.05 bits per heavy atom. The van der Waals surface area contributed by atoms with E-state index in [2.05, 4.69) is 57.0 Å². The maximum atomic E-state index is 6.08. The zero-order chi connectivity index (χ0) is 14.1. The summed E-state index contributed by atoms with van der Waals surface area (Å²) in [5.41, 5.74) is 7.17. The van der Waals surface area contributed by atoms with Crippen LogP contribution in [0.5, 0.6) is 0 Å². The molecular formula is C15H16BrN3S. The van der Waals surface area contributed by atoms with Gasteiger partial charge in [0.2, 0.25) is 0 Å². The van der Waals surface area contributed by atoms with E-state index in [1.165, 1.54) is 9.75 Å². The fraction of sp³-hybridized carbons (Fsp3) is 0.267. The summed E-state index contributed by atoms with van der Waals surface area (Å²) in [6.07, 6.45) is 1.08. The maximum Gasteiger partial charge on any atom is 0.196 e. The number of anilines is 1. The van der Waals surface area contributed by atoms with Crippen LogP contribution in [0.1, 0.15) is 22.7 Å². The first-order chi connectivity index (χ1) is 9.69. The number of nitrogens with zero attached hydrogens (tertiary/aromatic N) is 2. The van der Waals surface area contributed by atoms with Gasteiger partial charge in [0.25, 0.3) is 0 Å². The predicted octanol–water partition coefficient (Wildman–Crippen LogP) is 3.95.